The summed E-state index contributed by atoms with van der Waals surface area (Å²) in [5, 5.41) is 0. The SMILES string of the molecule is COc1ccc(F)c(S(=O)(=O)O)c1.Cl. The van der Waals surface area contributed by atoms with Gasteiger partial charge in [0.2, 0.25) is 0 Å². The molecule has 1 aromatic rings. The lowest BCUT2D eigenvalue weighted by atomic mass is 10.3. The van der Waals surface area contributed by atoms with Crippen LogP contribution in [0.25, 0.3) is 0 Å². The molecule has 7 heteroatoms. The summed E-state index contributed by atoms with van der Waals surface area (Å²) in [5.74, 6) is -0.850. The minimum absolute atomic E-state index is 0. The van der Waals surface area contributed by atoms with Crippen LogP contribution in [-0.4, -0.2) is 20.1 Å². The number of hydrogen-bond acceptors (Lipinski definition) is 3. The molecule has 0 fully saturated rings. The number of halogens is 2. The van der Waals surface area contributed by atoms with Gasteiger partial charge in [0.25, 0.3) is 10.1 Å². The van der Waals surface area contributed by atoms with Gasteiger partial charge in [0, 0.05) is 6.07 Å². The molecule has 80 valence electrons. The fourth-order valence-corrected chi connectivity index (χ4v) is 1.39. The van der Waals surface area contributed by atoms with E-state index in [2.05, 4.69) is 4.74 Å². The Labute approximate surface area is 86.9 Å². The molecule has 0 aliphatic heterocycles. The Kier molecular flexibility index (Phi) is 4.31. The number of hydrogen-bond donors (Lipinski definition) is 1. The summed E-state index contributed by atoms with van der Waals surface area (Å²) >= 11 is 0. The molecule has 1 aromatic carbocycles. The second kappa shape index (κ2) is 4.59. The minimum atomic E-state index is -4.52. The molecule has 0 radical (unpaired) electrons. The summed E-state index contributed by atoms with van der Waals surface area (Å²) in [6.07, 6.45) is 0. The topological polar surface area (TPSA) is 63.6 Å². The highest BCUT2D eigenvalue weighted by Crippen LogP contribution is 2.20. The second-order valence-electron chi connectivity index (χ2n) is 2.27. The minimum Gasteiger partial charge on any atom is -0.497 e. The maximum atomic E-state index is 12.8. The van der Waals surface area contributed by atoms with E-state index in [-0.39, 0.29) is 18.2 Å². The van der Waals surface area contributed by atoms with Gasteiger partial charge in [0.05, 0.1) is 7.11 Å². The highest BCUT2D eigenvalue weighted by molar-refractivity contribution is 7.85. The van der Waals surface area contributed by atoms with Gasteiger partial charge in [-0.05, 0) is 12.1 Å². The smallest absolute Gasteiger partial charge is 0.297 e. The van der Waals surface area contributed by atoms with Crippen molar-refractivity contribution in [3.05, 3.63) is 24.0 Å². The average molecular weight is 243 g/mol. The first-order chi connectivity index (χ1) is 5.95. The van der Waals surface area contributed by atoms with Gasteiger partial charge < -0.3 is 4.74 Å². The normalized spacial score (nSPS) is 10.5. The van der Waals surface area contributed by atoms with Crippen molar-refractivity contribution >= 4 is 22.5 Å². The molecule has 0 spiro atoms. The Morgan fingerprint density at radius 1 is 1.43 bits per heavy atom. The van der Waals surface area contributed by atoms with Gasteiger partial charge in [-0.1, -0.05) is 0 Å². The van der Waals surface area contributed by atoms with E-state index in [4.69, 9.17) is 4.55 Å². The molecule has 0 atom stereocenters. The van der Waals surface area contributed by atoms with Gasteiger partial charge >= 0.3 is 0 Å². The summed E-state index contributed by atoms with van der Waals surface area (Å²) in [6, 6.07) is 3.07. The van der Waals surface area contributed by atoms with Crippen molar-refractivity contribution in [2.45, 2.75) is 4.90 Å². The largest absolute Gasteiger partial charge is 0.497 e. The van der Waals surface area contributed by atoms with Crippen LogP contribution in [0.5, 0.6) is 5.75 Å². The van der Waals surface area contributed by atoms with Gasteiger partial charge in [-0.2, -0.15) is 8.42 Å². The lowest BCUT2D eigenvalue weighted by Crippen LogP contribution is -2.01. The maximum Gasteiger partial charge on any atom is 0.297 e. The van der Waals surface area contributed by atoms with Crippen molar-refractivity contribution in [2.24, 2.45) is 0 Å². The zero-order chi connectivity index (χ0) is 10.1. The van der Waals surface area contributed by atoms with Crippen LogP contribution in [-0.2, 0) is 10.1 Å². The monoisotopic (exact) mass is 242 g/mol. The van der Waals surface area contributed by atoms with E-state index in [0.717, 1.165) is 12.1 Å². The molecule has 14 heavy (non-hydrogen) atoms. The molecule has 0 bridgehead atoms. The highest BCUT2D eigenvalue weighted by Gasteiger charge is 2.16. The molecule has 1 N–H and O–H groups in total. The number of benzene rings is 1. The summed E-state index contributed by atoms with van der Waals surface area (Å²) in [4.78, 5) is -0.785. The quantitative estimate of drug-likeness (QED) is 0.799. The van der Waals surface area contributed by atoms with Crippen LogP contribution in [0.1, 0.15) is 0 Å². The molecular weight excluding hydrogens is 235 g/mol. The van der Waals surface area contributed by atoms with Crippen molar-refractivity contribution in [3.63, 3.8) is 0 Å². The van der Waals surface area contributed by atoms with Crippen LogP contribution in [0.4, 0.5) is 4.39 Å². The molecule has 0 aromatic heterocycles. The molecule has 0 amide bonds. The van der Waals surface area contributed by atoms with E-state index in [1.165, 1.54) is 13.2 Å². The van der Waals surface area contributed by atoms with Crippen molar-refractivity contribution in [3.8, 4) is 5.75 Å². The Bertz CT molecular complexity index is 418. The standard InChI is InChI=1S/C7H7FO4S.ClH/c1-12-5-2-3-6(8)7(4-5)13(9,10)11;/h2-4H,1H3,(H,9,10,11);1H. The summed E-state index contributed by atoms with van der Waals surface area (Å²) in [5.41, 5.74) is 0. The zero-order valence-corrected chi connectivity index (χ0v) is 8.73. The molecule has 0 heterocycles. The fourth-order valence-electron chi connectivity index (χ4n) is 0.808. The summed E-state index contributed by atoms with van der Waals surface area (Å²) in [7, 11) is -3.21. The molecular formula is C7H8ClFO4S. The van der Waals surface area contributed by atoms with Crippen LogP contribution < -0.4 is 4.74 Å². The molecule has 0 saturated carbocycles. The van der Waals surface area contributed by atoms with E-state index in [0.29, 0.717) is 0 Å². The van der Waals surface area contributed by atoms with Crippen molar-refractivity contribution in [1.29, 1.82) is 0 Å². The van der Waals surface area contributed by atoms with Crippen LogP contribution in [0.15, 0.2) is 23.1 Å². The van der Waals surface area contributed by atoms with E-state index in [9.17, 15) is 12.8 Å². The average Bonchev–Trinajstić information content (AvgIpc) is 2.03. The molecule has 0 aliphatic rings. The van der Waals surface area contributed by atoms with Crippen molar-refractivity contribution < 1.29 is 22.1 Å². The van der Waals surface area contributed by atoms with E-state index in [1.807, 2.05) is 0 Å². The van der Waals surface area contributed by atoms with Gasteiger partial charge in [0.15, 0.2) is 0 Å². The molecule has 1 rings (SSSR count). The van der Waals surface area contributed by atoms with Gasteiger partial charge in [-0.3, -0.25) is 4.55 Å². The Balaban J connectivity index is 0.00000169. The van der Waals surface area contributed by atoms with Gasteiger partial charge in [0.1, 0.15) is 16.5 Å². The predicted octanol–water partition coefficient (Wildman–Crippen LogP) is 1.50. The molecule has 0 unspecified atom stereocenters. The Hall–Kier alpha value is -0.850. The third kappa shape index (κ3) is 2.83. The highest BCUT2D eigenvalue weighted by atomic mass is 35.5. The number of methoxy groups -OCH3 is 1. The first-order valence-corrected chi connectivity index (χ1v) is 4.70. The second-order valence-corrected chi connectivity index (χ2v) is 3.66. The fraction of sp³-hybridized carbons (Fsp3) is 0.143. The van der Waals surface area contributed by atoms with Crippen LogP contribution in [0.2, 0.25) is 0 Å². The maximum absolute atomic E-state index is 12.8. The van der Waals surface area contributed by atoms with Crippen molar-refractivity contribution in [2.75, 3.05) is 7.11 Å². The summed E-state index contributed by atoms with van der Waals surface area (Å²) < 4.78 is 47.2. The van der Waals surface area contributed by atoms with Crippen molar-refractivity contribution in [1.82, 2.24) is 0 Å². The first kappa shape index (κ1) is 13.2. The van der Waals surface area contributed by atoms with Gasteiger partial charge in [-0.15, -0.1) is 12.4 Å². The third-order valence-corrected chi connectivity index (χ3v) is 2.28. The molecule has 0 saturated heterocycles. The third-order valence-electron chi connectivity index (χ3n) is 1.42. The Morgan fingerprint density at radius 3 is 2.43 bits per heavy atom. The molecule has 0 aliphatic carbocycles. The summed E-state index contributed by atoms with van der Waals surface area (Å²) in [6.45, 7) is 0. The van der Waals surface area contributed by atoms with Gasteiger partial charge in [-0.25, -0.2) is 4.39 Å². The van der Waals surface area contributed by atoms with E-state index >= 15 is 0 Å². The lowest BCUT2D eigenvalue weighted by molar-refractivity contribution is 0.409. The zero-order valence-electron chi connectivity index (χ0n) is 7.10. The van der Waals surface area contributed by atoms with E-state index < -0.39 is 20.8 Å². The van der Waals surface area contributed by atoms with Crippen LogP contribution in [0.3, 0.4) is 0 Å². The van der Waals surface area contributed by atoms with Crippen LogP contribution in [0, 0.1) is 5.82 Å². The Morgan fingerprint density at radius 2 is 2.00 bits per heavy atom. The number of ether oxygens (including phenoxy) is 1. The van der Waals surface area contributed by atoms with E-state index in [1.54, 1.807) is 0 Å². The first-order valence-electron chi connectivity index (χ1n) is 3.26. The predicted molar refractivity (Wildman–Crippen MR) is 50.0 cm³/mol. The lowest BCUT2D eigenvalue weighted by Gasteiger charge is -2.02. The molecule has 4 nitrogen and oxygen atoms in total. The number of rotatable bonds is 2. The van der Waals surface area contributed by atoms with Crippen LogP contribution >= 0.6 is 12.4 Å².